The monoisotopic (exact) mass is 476 g/mol. The molecule has 1 aliphatic rings. The zero-order valence-corrected chi connectivity index (χ0v) is 19.8. The maximum Gasteiger partial charge on any atom is 0.412 e. The van der Waals surface area contributed by atoms with Gasteiger partial charge in [-0.2, -0.15) is 5.10 Å². The molecule has 0 bridgehead atoms. The minimum Gasteiger partial charge on any atom is -0.480 e. The van der Waals surface area contributed by atoms with E-state index in [1.54, 1.807) is 0 Å². The van der Waals surface area contributed by atoms with Crippen LogP contribution in [0.2, 0.25) is 0 Å². The molecule has 0 aliphatic heterocycles. The smallest absolute Gasteiger partial charge is 0.412 e. The normalized spacial score (nSPS) is 13.1. The number of carboxylic acids is 1. The van der Waals surface area contributed by atoms with Crippen molar-refractivity contribution >= 4 is 23.8 Å². The molecule has 9 heteroatoms. The number of aryl methyl sites for hydroxylation is 1. The van der Waals surface area contributed by atoms with Crippen LogP contribution in [-0.2, 0) is 16.6 Å². The van der Waals surface area contributed by atoms with E-state index in [9.17, 15) is 19.5 Å². The molecule has 2 aromatic carbocycles. The molecule has 0 fully saturated rings. The zero-order valence-electron chi connectivity index (χ0n) is 19.8. The number of aliphatic carboxylic acids is 1. The van der Waals surface area contributed by atoms with E-state index >= 15 is 0 Å². The number of carbonyl (C=O) groups excluding carboxylic acids is 2. The minimum absolute atomic E-state index is 0.0767. The second-order valence-corrected chi connectivity index (χ2v) is 8.98. The summed E-state index contributed by atoms with van der Waals surface area (Å²) in [5.74, 6) is -1.55. The fraction of sp³-hybridized carbons (Fsp3) is 0.308. The molecule has 9 nitrogen and oxygen atoms in total. The third-order valence-electron chi connectivity index (χ3n) is 6.00. The molecule has 3 aromatic rings. The summed E-state index contributed by atoms with van der Waals surface area (Å²) in [7, 11) is 1.54. The second-order valence-electron chi connectivity index (χ2n) is 8.98. The van der Waals surface area contributed by atoms with Crippen LogP contribution in [0, 0.1) is 5.92 Å². The molecule has 0 unspecified atom stereocenters. The number of hydrogen-bond donors (Lipinski definition) is 3. The Balaban J connectivity index is 1.40. The first kappa shape index (κ1) is 24.0. The number of carbonyl (C=O) groups is 3. The fourth-order valence-corrected chi connectivity index (χ4v) is 4.40. The zero-order chi connectivity index (χ0) is 25.1. The highest BCUT2D eigenvalue weighted by Crippen LogP contribution is 2.44. The number of aromatic nitrogens is 2. The van der Waals surface area contributed by atoms with E-state index in [2.05, 4.69) is 27.9 Å². The molecule has 2 amide bonds. The number of amides is 2. The van der Waals surface area contributed by atoms with Crippen molar-refractivity contribution in [3.05, 3.63) is 71.4 Å². The number of rotatable bonds is 8. The van der Waals surface area contributed by atoms with Gasteiger partial charge in [0.15, 0.2) is 5.82 Å². The molecule has 3 N–H and O–H groups in total. The van der Waals surface area contributed by atoms with E-state index in [-0.39, 0.29) is 30.0 Å². The standard InChI is InChI=1S/C26H28N4O5/c1-15(2)12-21(25(32)33)27-24(31)22-13-23(29-30(22)3)28-26(34)35-14-20-18-10-6-4-8-16(18)17-9-5-7-11-19(17)20/h4-11,13,15,20-21H,12,14H2,1-3H3,(H,27,31)(H,32,33)(H,28,29,34)/t21-/m0/s1. The molecule has 1 heterocycles. The van der Waals surface area contributed by atoms with Crippen LogP contribution >= 0.6 is 0 Å². The van der Waals surface area contributed by atoms with Gasteiger partial charge < -0.3 is 15.2 Å². The predicted octanol–water partition coefficient (Wildman–Crippen LogP) is 4.01. The summed E-state index contributed by atoms with van der Waals surface area (Å²) >= 11 is 0. The summed E-state index contributed by atoms with van der Waals surface area (Å²) in [6, 6.07) is 16.5. The third-order valence-corrected chi connectivity index (χ3v) is 6.00. The first-order valence-electron chi connectivity index (χ1n) is 11.4. The van der Waals surface area contributed by atoms with Gasteiger partial charge in [0.2, 0.25) is 0 Å². The van der Waals surface area contributed by atoms with Crippen molar-refractivity contribution in [2.75, 3.05) is 11.9 Å². The number of hydrogen-bond acceptors (Lipinski definition) is 5. The van der Waals surface area contributed by atoms with Crippen LogP contribution in [0.5, 0.6) is 0 Å². The molecule has 1 atom stereocenters. The van der Waals surface area contributed by atoms with Gasteiger partial charge >= 0.3 is 12.1 Å². The van der Waals surface area contributed by atoms with Gasteiger partial charge in [-0.25, -0.2) is 9.59 Å². The average Bonchev–Trinajstić information content (AvgIpc) is 3.34. The Kier molecular flexibility index (Phi) is 6.86. The van der Waals surface area contributed by atoms with Crippen molar-refractivity contribution in [3.63, 3.8) is 0 Å². The minimum atomic E-state index is -1.11. The van der Waals surface area contributed by atoms with Gasteiger partial charge in [-0.05, 0) is 34.6 Å². The maximum absolute atomic E-state index is 12.6. The Morgan fingerprint density at radius 1 is 1.06 bits per heavy atom. The molecule has 0 radical (unpaired) electrons. The highest BCUT2D eigenvalue weighted by atomic mass is 16.5. The fourth-order valence-electron chi connectivity index (χ4n) is 4.40. The molecule has 0 saturated heterocycles. The van der Waals surface area contributed by atoms with Crippen LogP contribution in [0.4, 0.5) is 10.6 Å². The van der Waals surface area contributed by atoms with Crippen LogP contribution in [0.15, 0.2) is 54.6 Å². The van der Waals surface area contributed by atoms with E-state index in [1.807, 2.05) is 50.2 Å². The number of ether oxygens (including phenoxy) is 1. The lowest BCUT2D eigenvalue weighted by molar-refractivity contribution is -0.139. The molecule has 182 valence electrons. The topological polar surface area (TPSA) is 123 Å². The van der Waals surface area contributed by atoms with Crippen LogP contribution < -0.4 is 10.6 Å². The third kappa shape index (κ3) is 5.18. The summed E-state index contributed by atoms with van der Waals surface area (Å²) in [5.41, 5.74) is 4.60. The predicted molar refractivity (Wildman–Crippen MR) is 130 cm³/mol. The number of fused-ring (bicyclic) bond motifs is 3. The van der Waals surface area contributed by atoms with E-state index in [0.29, 0.717) is 6.42 Å². The first-order valence-corrected chi connectivity index (χ1v) is 11.4. The molecular formula is C26H28N4O5. The number of carboxylic acid groups (broad SMARTS) is 1. The van der Waals surface area contributed by atoms with E-state index < -0.39 is 24.0 Å². The van der Waals surface area contributed by atoms with Gasteiger partial charge in [0, 0.05) is 19.0 Å². The van der Waals surface area contributed by atoms with Crippen LogP contribution in [0.25, 0.3) is 11.1 Å². The number of nitrogens with zero attached hydrogens (tertiary/aromatic N) is 2. The SMILES string of the molecule is CC(C)C[C@H](NC(=O)c1cc(NC(=O)OCC2c3ccccc3-c3ccccc32)nn1C)C(=O)O. The number of anilines is 1. The largest absolute Gasteiger partial charge is 0.480 e. The lowest BCUT2D eigenvalue weighted by Gasteiger charge is -2.16. The van der Waals surface area contributed by atoms with Crippen molar-refractivity contribution < 1.29 is 24.2 Å². The van der Waals surface area contributed by atoms with Crippen molar-refractivity contribution in [1.29, 1.82) is 0 Å². The van der Waals surface area contributed by atoms with Crippen molar-refractivity contribution in [2.45, 2.75) is 32.2 Å². The van der Waals surface area contributed by atoms with Gasteiger partial charge in [-0.1, -0.05) is 62.4 Å². The molecule has 1 aromatic heterocycles. The average molecular weight is 477 g/mol. The summed E-state index contributed by atoms with van der Waals surface area (Å²) in [6.07, 6.45) is -0.399. The first-order chi connectivity index (χ1) is 16.7. The molecule has 4 rings (SSSR count). The van der Waals surface area contributed by atoms with E-state index in [4.69, 9.17) is 4.74 Å². The highest BCUT2D eigenvalue weighted by Gasteiger charge is 2.29. The Morgan fingerprint density at radius 3 is 2.23 bits per heavy atom. The quantitative estimate of drug-likeness (QED) is 0.452. The number of nitrogens with one attached hydrogen (secondary N) is 2. The van der Waals surface area contributed by atoms with Crippen molar-refractivity contribution in [2.24, 2.45) is 13.0 Å². The van der Waals surface area contributed by atoms with Gasteiger partial charge in [0.1, 0.15) is 18.3 Å². The highest BCUT2D eigenvalue weighted by molar-refractivity contribution is 5.96. The van der Waals surface area contributed by atoms with Crippen molar-refractivity contribution in [1.82, 2.24) is 15.1 Å². The lowest BCUT2D eigenvalue weighted by atomic mass is 9.98. The summed E-state index contributed by atoms with van der Waals surface area (Å²) < 4.78 is 6.80. The Morgan fingerprint density at radius 2 is 1.66 bits per heavy atom. The lowest BCUT2D eigenvalue weighted by Crippen LogP contribution is -2.42. The summed E-state index contributed by atoms with van der Waals surface area (Å²) in [5, 5.41) is 18.6. The molecule has 1 aliphatic carbocycles. The van der Waals surface area contributed by atoms with Crippen LogP contribution in [0.3, 0.4) is 0 Å². The Bertz CT molecular complexity index is 1220. The summed E-state index contributed by atoms with van der Waals surface area (Å²) in [4.78, 5) is 36.6. The number of benzene rings is 2. The van der Waals surface area contributed by atoms with Crippen LogP contribution in [0.1, 0.15) is 47.8 Å². The molecule has 0 saturated carbocycles. The Labute approximate surface area is 203 Å². The van der Waals surface area contributed by atoms with Gasteiger partial charge in [0.25, 0.3) is 5.91 Å². The van der Waals surface area contributed by atoms with Gasteiger partial charge in [0.05, 0.1) is 0 Å². The second kappa shape index (κ2) is 10.0. The van der Waals surface area contributed by atoms with Gasteiger partial charge in [-0.15, -0.1) is 0 Å². The Hall–Kier alpha value is -4.14. The van der Waals surface area contributed by atoms with Gasteiger partial charge in [-0.3, -0.25) is 14.8 Å². The maximum atomic E-state index is 12.6. The van der Waals surface area contributed by atoms with E-state index in [0.717, 1.165) is 22.3 Å². The van der Waals surface area contributed by atoms with Crippen LogP contribution in [-0.4, -0.2) is 45.5 Å². The van der Waals surface area contributed by atoms with E-state index in [1.165, 1.54) is 17.8 Å². The molecule has 35 heavy (non-hydrogen) atoms. The molecule has 0 spiro atoms. The van der Waals surface area contributed by atoms with Crippen molar-refractivity contribution in [3.8, 4) is 11.1 Å². The summed E-state index contributed by atoms with van der Waals surface area (Å²) in [6.45, 7) is 3.90. The molecular weight excluding hydrogens is 448 g/mol.